The number of hydrogen-bond donors (Lipinski definition) is 0. The molecule has 22 heavy (non-hydrogen) atoms. The van der Waals surface area contributed by atoms with Gasteiger partial charge in [0.15, 0.2) is 0 Å². The molecule has 1 amide bonds. The lowest BCUT2D eigenvalue weighted by atomic mass is 10.1. The van der Waals surface area contributed by atoms with E-state index < -0.39 is 0 Å². The highest BCUT2D eigenvalue weighted by Gasteiger charge is 2.40. The average molecular weight is 302 g/mol. The van der Waals surface area contributed by atoms with Crippen LogP contribution in [0.3, 0.4) is 0 Å². The maximum atomic E-state index is 12.5. The standard InChI is InChI=1S/C16H22N4O2/c21-16(15-17-4-1-5-18-15)20-10-13-9-19(8-12-2-3-12)6-7-22-14(13)11-20/h1,4-5,12-14H,2-3,6-11H2/t13-,14+/m0/s1. The number of aromatic nitrogens is 2. The van der Waals surface area contributed by atoms with Crippen LogP contribution in [0.15, 0.2) is 18.5 Å². The summed E-state index contributed by atoms with van der Waals surface area (Å²) in [5.41, 5.74) is 0. The van der Waals surface area contributed by atoms with Crippen molar-refractivity contribution in [2.75, 3.05) is 39.3 Å². The fourth-order valence-corrected chi connectivity index (χ4v) is 3.51. The summed E-state index contributed by atoms with van der Waals surface area (Å²) in [6, 6.07) is 1.73. The van der Waals surface area contributed by atoms with Crippen LogP contribution in [-0.4, -0.2) is 71.1 Å². The van der Waals surface area contributed by atoms with Crippen LogP contribution in [0.4, 0.5) is 0 Å². The number of ether oxygens (including phenoxy) is 1. The van der Waals surface area contributed by atoms with Crippen LogP contribution in [0.25, 0.3) is 0 Å². The van der Waals surface area contributed by atoms with Gasteiger partial charge in [0.05, 0.1) is 12.7 Å². The molecule has 3 heterocycles. The van der Waals surface area contributed by atoms with Gasteiger partial charge >= 0.3 is 0 Å². The summed E-state index contributed by atoms with van der Waals surface area (Å²) < 4.78 is 6.00. The van der Waals surface area contributed by atoms with Crippen molar-refractivity contribution in [2.45, 2.75) is 18.9 Å². The highest BCUT2D eigenvalue weighted by atomic mass is 16.5. The first-order chi connectivity index (χ1) is 10.8. The van der Waals surface area contributed by atoms with Crippen molar-refractivity contribution in [3.8, 4) is 0 Å². The van der Waals surface area contributed by atoms with Crippen LogP contribution in [0.2, 0.25) is 0 Å². The number of hydrogen-bond acceptors (Lipinski definition) is 5. The van der Waals surface area contributed by atoms with Gasteiger partial charge in [-0.05, 0) is 24.8 Å². The molecule has 4 rings (SSSR count). The van der Waals surface area contributed by atoms with E-state index in [0.29, 0.717) is 12.5 Å². The van der Waals surface area contributed by atoms with Gasteiger partial charge in [0.2, 0.25) is 5.82 Å². The molecule has 0 spiro atoms. The van der Waals surface area contributed by atoms with Crippen LogP contribution in [0.1, 0.15) is 23.5 Å². The maximum Gasteiger partial charge on any atom is 0.291 e. The van der Waals surface area contributed by atoms with E-state index >= 15 is 0 Å². The average Bonchev–Trinajstić information content (AvgIpc) is 3.31. The molecule has 2 atom stereocenters. The largest absolute Gasteiger partial charge is 0.375 e. The van der Waals surface area contributed by atoms with E-state index in [-0.39, 0.29) is 17.8 Å². The number of fused-ring (bicyclic) bond motifs is 1. The zero-order valence-electron chi connectivity index (χ0n) is 12.7. The Morgan fingerprint density at radius 2 is 2.05 bits per heavy atom. The quantitative estimate of drug-likeness (QED) is 0.821. The SMILES string of the molecule is O=C(c1ncccn1)N1C[C@@H]2CN(CC3CC3)CCO[C@@H]2C1. The van der Waals surface area contributed by atoms with E-state index in [2.05, 4.69) is 14.9 Å². The van der Waals surface area contributed by atoms with Crippen LogP contribution < -0.4 is 0 Å². The molecular formula is C16H22N4O2. The molecule has 2 aliphatic heterocycles. The molecule has 118 valence electrons. The zero-order valence-corrected chi connectivity index (χ0v) is 12.7. The lowest BCUT2D eigenvalue weighted by Crippen LogP contribution is -2.35. The fraction of sp³-hybridized carbons (Fsp3) is 0.688. The van der Waals surface area contributed by atoms with Gasteiger partial charge in [-0.3, -0.25) is 4.79 Å². The molecule has 0 bridgehead atoms. The molecule has 6 heteroatoms. The molecule has 0 N–H and O–H groups in total. The molecular weight excluding hydrogens is 280 g/mol. The van der Waals surface area contributed by atoms with Gasteiger partial charge in [0, 0.05) is 51.0 Å². The van der Waals surface area contributed by atoms with Crippen LogP contribution >= 0.6 is 0 Å². The number of likely N-dealkylation sites (tertiary alicyclic amines) is 1. The second-order valence-electron chi connectivity index (χ2n) is 6.65. The van der Waals surface area contributed by atoms with Crippen molar-refractivity contribution < 1.29 is 9.53 Å². The summed E-state index contributed by atoms with van der Waals surface area (Å²) in [7, 11) is 0. The summed E-state index contributed by atoms with van der Waals surface area (Å²) in [5, 5.41) is 0. The van der Waals surface area contributed by atoms with Gasteiger partial charge in [-0.2, -0.15) is 0 Å². The normalized spacial score (nSPS) is 29.2. The summed E-state index contributed by atoms with van der Waals surface area (Å²) in [6.07, 6.45) is 6.14. The Balaban J connectivity index is 1.41. The Hall–Kier alpha value is -1.53. The van der Waals surface area contributed by atoms with Crippen LogP contribution in [0.5, 0.6) is 0 Å². The highest BCUT2D eigenvalue weighted by Crippen LogP contribution is 2.31. The zero-order chi connectivity index (χ0) is 14.9. The maximum absolute atomic E-state index is 12.5. The van der Waals surface area contributed by atoms with Gasteiger partial charge in [-0.1, -0.05) is 0 Å². The third kappa shape index (κ3) is 2.98. The van der Waals surface area contributed by atoms with Crippen molar-refractivity contribution in [1.29, 1.82) is 0 Å². The Morgan fingerprint density at radius 1 is 1.23 bits per heavy atom. The minimum atomic E-state index is -0.0778. The van der Waals surface area contributed by atoms with E-state index in [1.807, 2.05) is 4.90 Å². The van der Waals surface area contributed by atoms with Crippen molar-refractivity contribution in [1.82, 2.24) is 19.8 Å². The lowest BCUT2D eigenvalue weighted by molar-refractivity contribution is 0.0481. The lowest BCUT2D eigenvalue weighted by Gasteiger charge is -2.23. The molecule has 1 aromatic heterocycles. The smallest absolute Gasteiger partial charge is 0.291 e. The number of nitrogens with zero attached hydrogens (tertiary/aromatic N) is 4. The number of rotatable bonds is 3. The predicted molar refractivity (Wildman–Crippen MR) is 80.3 cm³/mol. The molecule has 3 aliphatic rings. The first-order valence-electron chi connectivity index (χ1n) is 8.20. The molecule has 0 aromatic carbocycles. The summed E-state index contributed by atoms with van der Waals surface area (Å²) in [5.74, 6) is 1.52. The van der Waals surface area contributed by atoms with E-state index in [9.17, 15) is 4.79 Å². The van der Waals surface area contributed by atoms with E-state index in [1.165, 1.54) is 19.4 Å². The van der Waals surface area contributed by atoms with Crippen LogP contribution in [-0.2, 0) is 4.74 Å². The minimum Gasteiger partial charge on any atom is -0.375 e. The molecule has 0 radical (unpaired) electrons. The van der Waals surface area contributed by atoms with Gasteiger partial charge in [-0.25, -0.2) is 9.97 Å². The molecule has 2 saturated heterocycles. The molecule has 0 unspecified atom stereocenters. The van der Waals surface area contributed by atoms with Gasteiger partial charge in [-0.15, -0.1) is 0 Å². The van der Waals surface area contributed by atoms with E-state index in [4.69, 9.17) is 4.74 Å². The first kappa shape index (κ1) is 14.1. The van der Waals surface area contributed by atoms with Gasteiger partial charge < -0.3 is 14.5 Å². The Kier molecular flexibility index (Phi) is 3.80. The molecule has 6 nitrogen and oxygen atoms in total. The van der Waals surface area contributed by atoms with Gasteiger partial charge in [0.25, 0.3) is 5.91 Å². The predicted octanol–water partition coefficient (Wildman–Crippen LogP) is 0.659. The molecule has 1 aromatic rings. The molecule has 1 saturated carbocycles. The van der Waals surface area contributed by atoms with Crippen molar-refractivity contribution >= 4 is 5.91 Å². The monoisotopic (exact) mass is 302 g/mol. The second-order valence-corrected chi connectivity index (χ2v) is 6.65. The number of carbonyl (C=O) groups is 1. The Bertz CT molecular complexity index is 534. The fourth-order valence-electron chi connectivity index (χ4n) is 3.51. The first-order valence-corrected chi connectivity index (χ1v) is 8.20. The van der Waals surface area contributed by atoms with Crippen molar-refractivity contribution in [3.05, 3.63) is 24.3 Å². The Labute approximate surface area is 130 Å². The number of carbonyl (C=O) groups excluding carboxylic acids is 1. The second kappa shape index (κ2) is 5.93. The minimum absolute atomic E-state index is 0.0778. The summed E-state index contributed by atoms with van der Waals surface area (Å²) in [4.78, 5) is 25.0. The Morgan fingerprint density at radius 3 is 2.82 bits per heavy atom. The third-order valence-electron chi connectivity index (χ3n) is 4.87. The van der Waals surface area contributed by atoms with E-state index in [0.717, 1.165) is 32.2 Å². The van der Waals surface area contributed by atoms with E-state index in [1.54, 1.807) is 18.5 Å². The summed E-state index contributed by atoms with van der Waals surface area (Å²) in [6.45, 7) is 5.46. The van der Waals surface area contributed by atoms with Crippen LogP contribution in [0, 0.1) is 11.8 Å². The van der Waals surface area contributed by atoms with Crippen molar-refractivity contribution in [2.24, 2.45) is 11.8 Å². The highest BCUT2D eigenvalue weighted by molar-refractivity contribution is 5.90. The summed E-state index contributed by atoms with van der Waals surface area (Å²) >= 11 is 0. The number of amides is 1. The van der Waals surface area contributed by atoms with Gasteiger partial charge in [0.1, 0.15) is 0 Å². The van der Waals surface area contributed by atoms with Crippen molar-refractivity contribution in [3.63, 3.8) is 0 Å². The molecule has 3 fully saturated rings. The third-order valence-corrected chi connectivity index (χ3v) is 4.87. The topological polar surface area (TPSA) is 58.6 Å². The molecule has 1 aliphatic carbocycles.